The molecule has 0 bridgehead atoms. The van der Waals surface area contributed by atoms with E-state index in [4.69, 9.17) is 5.11 Å². The molecule has 0 radical (unpaired) electrons. The molecule has 3 aromatic heterocycles. The molecule has 0 unspecified atom stereocenters. The van der Waals surface area contributed by atoms with Gasteiger partial charge in [-0.2, -0.15) is 0 Å². The summed E-state index contributed by atoms with van der Waals surface area (Å²) in [7, 11) is 0. The highest BCUT2D eigenvalue weighted by atomic mass is 19.1. The average molecular weight is 499 g/mol. The molecule has 1 aliphatic rings. The Morgan fingerprint density at radius 1 is 1.17 bits per heavy atom. The van der Waals surface area contributed by atoms with Gasteiger partial charge in [-0.1, -0.05) is 0 Å². The van der Waals surface area contributed by atoms with Crippen LogP contribution in [0.15, 0.2) is 37.1 Å². The minimum atomic E-state index is -0.743. The molecule has 3 heterocycles. The van der Waals surface area contributed by atoms with Crippen LogP contribution in [0.2, 0.25) is 0 Å². The predicted molar refractivity (Wildman–Crippen MR) is 126 cm³/mol. The van der Waals surface area contributed by atoms with E-state index < -0.39 is 17.5 Å². The first kappa shape index (κ1) is 23.8. The maximum absolute atomic E-state index is 14.6. The van der Waals surface area contributed by atoms with Crippen LogP contribution in [0.3, 0.4) is 0 Å². The number of amides is 1. The Balaban J connectivity index is 1.29. The number of hydrogen-bond acceptors (Lipinski definition) is 6. The van der Waals surface area contributed by atoms with Gasteiger partial charge in [0.05, 0.1) is 24.6 Å². The smallest absolute Gasteiger partial charge is 0.271 e. The van der Waals surface area contributed by atoms with Crippen molar-refractivity contribution >= 4 is 22.6 Å². The number of aliphatic hydroxyl groups is 1. The molecule has 4 aromatic rings. The van der Waals surface area contributed by atoms with Crippen LogP contribution in [0.4, 0.5) is 19.0 Å². The van der Waals surface area contributed by atoms with Crippen LogP contribution in [0.1, 0.15) is 36.2 Å². The first-order valence-electron chi connectivity index (χ1n) is 11.6. The summed E-state index contributed by atoms with van der Waals surface area (Å²) in [5.74, 6) is -2.35. The minimum absolute atomic E-state index is 0.0223. The van der Waals surface area contributed by atoms with Gasteiger partial charge in [0, 0.05) is 48.0 Å². The normalized spacial score (nSPS) is 17.9. The van der Waals surface area contributed by atoms with Crippen molar-refractivity contribution in [1.29, 1.82) is 0 Å². The Morgan fingerprint density at radius 3 is 2.83 bits per heavy atom. The minimum Gasteiger partial charge on any atom is -0.395 e. The third-order valence-electron chi connectivity index (χ3n) is 6.27. The SMILES string of the molecule is O=C(N[C@@H]1CCC[C@H](Nc2nc(-c3c[nH]c4c(F)cc(F)cc34)ncc2F)C1)c1cn(CCO)cn1. The number of carbonyl (C=O) groups excluding carboxylic acids is 1. The van der Waals surface area contributed by atoms with Crippen LogP contribution in [-0.4, -0.2) is 54.2 Å². The van der Waals surface area contributed by atoms with Gasteiger partial charge in [0.2, 0.25) is 0 Å². The number of anilines is 1. The molecule has 1 aliphatic carbocycles. The largest absolute Gasteiger partial charge is 0.395 e. The van der Waals surface area contributed by atoms with Crippen LogP contribution in [0.5, 0.6) is 0 Å². The van der Waals surface area contributed by atoms with Crippen LogP contribution < -0.4 is 10.6 Å². The topological polar surface area (TPSA) is 121 Å². The van der Waals surface area contributed by atoms with Gasteiger partial charge in [0.25, 0.3) is 5.91 Å². The molecule has 4 N–H and O–H groups in total. The summed E-state index contributed by atoms with van der Waals surface area (Å²) in [6.45, 7) is 0.299. The number of halogens is 3. The molecular formula is C24H24F3N7O2. The van der Waals surface area contributed by atoms with E-state index in [-0.39, 0.29) is 52.8 Å². The summed E-state index contributed by atoms with van der Waals surface area (Å²) in [6.07, 6.45) is 8.41. The number of H-pyrrole nitrogens is 1. The number of hydrogen-bond donors (Lipinski definition) is 4. The van der Waals surface area contributed by atoms with Gasteiger partial charge >= 0.3 is 0 Å². The zero-order valence-corrected chi connectivity index (χ0v) is 19.1. The molecule has 1 saturated carbocycles. The van der Waals surface area contributed by atoms with Crippen molar-refractivity contribution in [1.82, 2.24) is 29.8 Å². The number of imidazole rings is 1. The number of aromatic amines is 1. The van der Waals surface area contributed by atoms with Crippen molar-refractivity contribution in [2.45, 2.75) is 44.3 Å². The maximum Gasteiger partial charge on any atom is 0.271 e. The number of nitrogens with one attached hydrogen (secondary N) is 3. The second kappa shape index (κ2) is 9.97. The zero-order valence-electron chi connectivity index (χ0n) is 19.1. The number of fused-ring (bicyclic) bond motifs is 1. The van der Waals surface area contributed by atoms with E-state index >= 15 is 0 Å². The molecule has 1 fully saturated rings. The maximum atomic E-state index is 14.6. The van der Waals surface area contributed by atoms with E-state index in [0.29, 0.717) is 18.5 Å². The Bertz CT molecular complexity index is 1400. The zero-order chi connectivity index (χ0) is 25.2. The van der Waals surface area contributed by atoms with Crippen molar-refractivity contribution in [3.05, 3.63) is 60.2 Å². The second-order valence-electron chi connectivity index (χ2n) is 8.80. The summed E-state index contributed by atoms with van der Waals surface area (Å²) < 4.78 is 44.1. The predicted octanol–water partition coefficient (Wildman–Crippen LogP) is 3.38. The number of carbonyl (C=O) groups is 1. The quantitative estimate of drug-likeness (QED) is 0.309. The molecule has 5 rings (SSSR count). The Kier molecular flexibility index (Phi) is 6.59. The van der Waals surface area contributed by atoms with E-state index in [0.717, 1.165) is 31.5 Å². The van der Waals surface area contributed by atoms with E-state index in [9.17, 15) is 18.0 Å². The summed E-state index contributed by atoms with van der Waals surface area (Å²) in [4.78, 5) is 27.7. The van der Waals surface area contributed by atoms with E-state index in [1.54, 1.807) is 10.8 Å². The Labute approximate surface area is 203 Å². The lowest BCUT2D eigenvalue weighted by Gasteiger charge is -2.30. The lowest BCUT2D eigenvalue weighted by Crippen LogP contribution is -2.42. The molecular weight excluding hydrogens is 475 g/mol. The number of aromatic nitrogens is 5. The van der Waals surface area contributed by atoms with Crippen LogP contribution in [0, 0.1) is 17.5 Å². The summed E-state index contributed by atoms with van der Waals surface area (Å²) in [5, 5.41) is 15.3. The summed E-state index contributed by atoms with van der Waals surface area (Å²) >= 11 is 0. The number of aliphatic hydroxyl groups excluding tert-OH is 1. The van der Waals surface area contributed by atoms with Crippen molar-refractivity contribution in [2.75, 3.05) is 11.9 Å². The van der Waals surface area contributed by atoms with E-state index in [2.05, 4.69) is 30.6 Å². The number of nitrogens with zero attached hydrogens (tertiary/aromatic N) is 4. The third-order valence-corrected chi connectivity index (χ3v) is 6.27. The molecule has 12 heteroatoms. The molecule has 1 aromatic carbocycles. The molecule has 188 valence electrons. The highest BCUT2D eigenvalue weighted by Crippen LogP contribution is 2.30. The fraction of sp³-hybridized carbons (Fsp3) is 0.333. The monoisotopic (exact) mass is 499 g/mol. The molecule has 1 amide bonds. The van der Waals surface area contributed by atoms with Gasteiger partial charge in [-0.15, -0.1) is 0 Å². The average Bonchev–Trinajstić information content (AvgIpc) is 3.49. The Morgan fingerprint density at radius 2 is 2.00 bits per heavy atom. The summed E-state index contributed by atoms with van der Waals surface area (Å²) in [6, 6.07) is 1.65. The first-order chi connectivity index (χ1) is 17.4. The van der Waals surface area contributed by atoms with Crippen molar-refractivity contribution in [3.63, 3.8) is 0 Å². The Hall–Kier alpha value is -3.93. The van der Waals surface area contributed by atoms with Gasteiger partial charge in [-0.05, 0) is 31.7 Å². The van der Waals surface area contributed by atoms with Gasteiger partial charge in [-0.25, -0.2) is 28.1 Å². The van der Waals surface area contributed by atoms with Crippen LogP contribution >= 0.6 is 0 Å². The molecule has 0 aliphatic heterocycles. The van der Waals surface area contributed by atoms with Gasteiger partial charge < -0.3 is 25.3 Å². The van der Waals surface area contributed by atoms with Gasteiger partial charge in [0.1, 0.15) is 17.3 Å². The van der Waals surface area contributed by atoms with E-state index in [1.165, 1.54) is 18.6 Å². The highest BCUT2D eigenvalue weighted by molar-refractivity contribution is 5.94. The summed E-state index contributed by atoms with van der Waals surface area (Å²) in [5.41, 5.74) is 0.721. The standard InChI is InChI=1S/C24H24F3N7O2/c25-13-6-16-17(9-28-21(16)18(26)7-13)22-29-10-19(27)23(33-22)31-14-2-1-3-15(8-14)32-24(36)20-11-34(4-5-35)12-30-20/h6-7,9-12,14-15,28,35H,1-5,8H2,(H,32,36)(H,29,31,33)/t14-,15+/m0/s1. The first-order valence-corrected chi connectivity index (χ1v) is 11.6. The van der Waals surface area contributed by atoms with Crippen molar-refractivity contribution in [2.24, 2.45) is 0 Å². The van der Waals surface area contributed by atoms with Gasteiger partial charge in [0.15, 0.2) is 17.5 Å². The lowest BCUT2D eigenvalue weighted by atomic mass is 9.91. The fourth-order valence-electron chi connectivity index (χ4n) is 4.56. The number of rotatable bonds is 7. The molecule has 36 heavy (non-hydrogen) atoms. The molecule has 0 saturated heterocycles. The third kappa shape index (κ3) is 4.89. The number of benzene rings is 1. The van der Waals surface area contributed by atoms with Crippen molar-refractivity contribution in [3.8, 4) is 11.4 Å². The molecule has 0 spiro atoms. The fourth-order valence-corrected chi connectivity index (χ4v) is 4.56. The van der Waals surface area contributed by atoms with Crippen LogP contribution in [0.25, 0.3) is 22.3 Å². The lowest BCUT2D eigenvalue weighted by molar-refractivity contribution is 0.0921. The second-order valence-corrected chi connectivity index (χ2v) is 8.80. The highest BCUT2D eigenvalue weighted by Gasteiger charge is 2.26. The van der Waals surface area contributed by atoms with Gasteiger partial charge in [-0.3, -0.25) is 4.79 Å². The van der Waals surface area contributed by atoms with Crippen LogP contribution in [-0.2, 0) is 6.54 Å². The molecule has 2 atom stereocenters. The molecule has 9 nitrogen and oxygen atoms in total. The van der Waals surface area contributed by atoms with Crippen molar-refractivity contribution < 1.29 is 23.1 Å². The van der Waals surface area contributed by atoms with E-state index in [1.807, 2.05) is 0 Å².